The summed E-state index contributed by atoms with van der Waals surface area (Å²) in [5.74, 6) is 1.42. The lowest BCUT2D eigenvalue weighted by atomic mass is 10.1. The molecule has 0 saturated heterocycles. The maximum absolute atomic E-state index is 11.7. The van der Waals surface area contributed by atoms with Gasteiger partial charge < -0.3 is 4.52 Å². The highest BCUT2D eigenvalue weighted by Crippen LogP contribution is 2.14. The van der Waals surface area contributed by atoms with E-state index >= 15 is 0 Å². The van der Waals surface area contributed by atoms with E-state index in [-0.39, 0.29) is 12.2 Å². The van der Waals surface area contributed by atoms with Crippen LogP contribution in [-0.4, -0.2) is 15.9 Å². The molecule has 20 heavy (non-hydrogen) atoms. The van der Waals surface area contributed by atoms with Crippen LogP contribution < -0.4 is 0 Å². The smallest absolute Gasteiger partial charge is 0.234 e. The number of rotatable bonds is 6. The summed E-state index contributed by atoms with van der Waals surface area (Å²) in [4.78, 5) is 15.9. The highest BCUT2D eigenvalue weighted by molar-refractivity contribution is 6.30. The van der Waals surface area contributed by atoms with Gasteiger partial charge in [-0.3, -0.25) is 4.79 Å². The number of ketones is 1. The van der Waals surface area contributed by atoms with Crippen LogP contribution in [0.1, 0.15) is 37.5 Å². The third-order valence-corrected chi connectivity index (χ3v) is 2.98. The first-order valence-electron chi connectivity index (χ1n) is 6.60. The number of carbonyl (C=O) groups is 1. The monoisotopic (exact) mass is 292 g/mol. The molecule has 0 atom stereocenters. The molecule has 0 aliphatic rings. The molecular weight excluding hydrogens is 276 g/mol. The molecule has 1 aromatic heterocycles. The predicted octanol–water partition coefficient (Wildman–Crippen LogP) is 3.47. The molecule has 5 heteroatoms. The summed E-state index contributed by atoms with van der Waals surface area (Å²) in [6, 6.07) is 7.51. The Hall–Kier alpha value is -1.68. The van der Waals surface area contributed by atoms with Gasteiger partial charge in [-0.25, -0.2) is 0 Å². The Labute approximate surface area is 123 Å². The molecule has 0 unspecified atom stereocenters. The van der Waals surface area contributed by atoms with Crippen LogP contribution >= 0.6 is 11.6 Å². The van der Waals surface area contributed by atoms with Crippen LogP contribution in [0.2, 0.25) is 5.02 Å². The van der Waals surface area contributed by atoms with Crippen molar-refractivity contribution in [1.29, 1.82) is 0 Å². The van der Waals surface area contributed by atoms with Crippen molar-refractivity contribution < 1.29 is 9.32 Å². The minimum atomic E-state index is 0.123. The third-order valence-electron chi connectivity index (χ3n) is 2.75. The Kier molecular flexibility index (Phi) is 4.90. The first kappa shape index (κ1) is 14.7. The number of benzene rings is 1. The molecule has 0 saturated carbocycles. The Morgan fingerprint density at radius 1 is 1.40 bits per heavy atom. The zero-order chi connectivity index (χ0) is 14.5. The second kappa shape index (κ2) is 6.66. The van der Waals surface area contributed by atoms with Crippen LogP contribution in [0.5, 0.6) is 0 Å². The van der Waals surface area contributed by atoms with Crippen LogP contribution in [-0.2, 0) is 17.6 Å². The summed E-state index contributed by atoms with van der Waals surface area (Å²) in [5.41, 5.74) is 1.01. The maximum Gasteiger partial charge on any atom is 0.234 e. The quantitative estimate of drug-likeness (QED) is 0.818. The van der Waals surface area contributed by atoms with Gasteiger partial charge in [0, 0.05) is 17.9 Å². The molecule has 0 amide bonds. The number of aromatic nitrogens is 2. The van der Waals surface area contributed by atoms with Crippen molar-refractivity contribution in [2.24, 2.45) is 5.92 Å². The summed E-state index contributed by atoms with van der Waals surface area (Å²) < 4.78 is 5.10. The molecule has 0 radical (unpaired) electrons. The van der Waals surface area contributed by atoms with Crippen LogP contribution in [0, 0.1) is 5.92 Å². The number of nitrogens with zero attached hydrogens (tertiary/aromatic N) is 2. The highest BCUT2D eigenvalue weighted by atomic mass is 35.5. The van der Waals surface area contributed by atoms with Crippen molar-refractivity contribution in [2.45, 2.75) is 33.1 Å². The van der Waals surface area contributed by atoms with E-state index in [0.29, 0.717) is 35.5 Å². The molecule has 0 bridgehead atoms. The first-order valence-corrected chi connectivity index (χ1v) is 6.98. The van der Waals surface area contributed by atoms with Crippen molar-refractivity contribution >= 4 is 17.4 Å². The van der Waals surface area contributed by atoms with Gasteiger partial charge in [0.15, 0.2) is 5.82 Å². The van der Waals surface area contributed by atoms with E-state index < -0.39 is 0 Å². The lowest BCUT2D eigenvalue weighted by Crippen LogP contribution is -2.06. The minimum absolute atomic E-state index is 0.123. The second-order valence-corrected chi connectivity index (χ2v) is 5.66. The average molecular weight is 293 g/mol. The number of hydrogen-bond acceptors (Lipinski definition) is 4. The van der Waals surface area contributed by atoms with Gasteiger partial charge in [-0.05, 0) is 23.6 Å². The van der Waals surface area contributed by atoms with Gasteiger partial charge in [-0.2, -0.15) is 4.98 Å². The fourth-order valence-electron chi connectivity index (χ4n) is 1.96. The predicted molar refractivity (Wildman–Crippen MR) is 76.7 cm³/mol. The molecule has 1 aromatic carbocycles. The van der Waals surface area contributed by atoms with Crippen molar-refractivity contribution in [3.63, 3.8) is 0 Å². The summed E-state index contributed by atoms with van der Waals surface area (Å²) in [7, 11) is 0. The van der Waals surface area contributed by atoms with Crippen LogP contribution in [0.4, 0.5) is 0 Å². The molecule has 0 fully saturated rings. The standard InChI is InChI=1S/C15H17ClN2O2/c1-10(2)6-13(19)9-15-17-14(18-20-15)8-11-4-3-5-12(16)7-11/h3-5,7,10H,6,8-9H2,1-2H3. The van der Waals surface area contributed by atoms with Gasteiger partial charge >= 0.3 is 0 Å². The Morgan fingerprint density at radius 2 is 2.20 bits per heavy atom. The van der Waals surface area contributed by atoms with Crippen molar-refractivity contribution in [3.05, 3.63) is 46.6 Å². The molecule has 0 N–H and O–H groups in total. The van der Waals surface area contributed by atoms with Crippen LogP contribution in [0.3, 0.4) is 0 Å². The van der Waals surface area contributed by atoms with E-state index in [9.17, 15) is 4.79 Å². The van der Waals surface area contributed by atoms with E-state index in [1.54, 1.807) is 0 Å². The van der Waals surface area contributed by atoms with Gasteiger partial charge in [0.05, 0.1) is 6.42 Å². The van der Waals surface area contributed by atoms with Gasteiger partial charge in [0.2, 0.25) is 5.89 Å². The number of halogens is 1. The van der Waals surface area contributed by atoms with Crippen LogP contribution in [0.25, 0.3) is 0 Å². The van der Waals surface area contributed by atoms with Crippen molar-refractivity contribution in [3.8, 4) is 0 Å². The molecule has 4 nitrogen and oxygen atoms in total. The van der Waals surface area contributed by atoms with E-state index in [2.05, 4.69) is 10.1 Å². The zero-order valence-corrected chi connectivity index (χ0v) is 12.4. The summed E-state index contributed by atoms with van der Waals surface area (Å²) in [5, 5.41) is 4.57. The lowest BCUT2D eigenvalue weighted by Gasteiger charge is -2.00. The van der Waals surface area contributed by atoms with Crippen molar-refractivity contribution in [2.75, 3.05) is 0 Å². The largest absolute Gasteiger partial charge is 0.339 e. The third kappa shape index (κ3) is 4.46. The van der Waals surface area contributed by atoms with Gasteiger partial charge in [0.1, 0.15) is 5.78 Å². The van der Waals surface area contributed by atoms with Gasteiger partial charge in [0.25, 0.3) is 0 Å². The molecule has 0 aliphatic carbocycles. The number of carbonyl (C=O) groups excluding carboxylic acids is 1. The Morgan fingerprint density at radius 3 is 2.90 bits per heavy atom. The second-order valence-electron chi connectivity index (χ2n) is 5.22. The number of hydrogen-bond donors (Lipinski definition) is 0. The average Bonchev–Trinajstić information content (AvgIpc) is 2.75. The first-order chi connectivity index (χ1) is 9.52. The SMILES string of the molecule is CC(C)CC(=O)Cc1nc(Cc2cccc(Cl)c2)no1. The van der Waals surface area contributed by atoms with E-state index in [0.717, 1.165) is 5.56 Å². The minimum Gasteiger partial charge on any atom is -0.339 e. The highest BCUT2D eigenvalue weighted by Gasteiger charge is 2.13. The summed E-state index contributed by atoms with van der Waals surface area (Å²) in [6.07, 6.45) is 1.29. The molecule has 1 heterocycles. The molecular formula is C15H17ClN2O2. The Balaban J connectivity index is 1.97. The summed E-state index contributed by atoms with van der Waals surface area (Å²) in [6.45, 7) is 4.02. The van der Waals surface area contributed by atoms with E-state index in [1.807, 2.05) is 38.1 Å². The summed E-state index contributed by atoms with van der Waals surface area (Å²) >= 11 is 5.92. The Bertz CT molecular complexity index is 593. The molecule has 2 aromatic rings. The molecule has 0 aliphatic heterocycles. The van der Waals surface area contributed by atoms with Crippen molar-refractivity contribution in [1.82, 2.24) is 10.1 Å². The normalized spacial score (nSPS) is 11.0. The van der Waals surface area contributed by atoms with Gasteiger partial charge in [-0.15, -0.1) is 0 Å². The van der Waals surface area contributed by atoms with E-state index in [4.69, 9.17) is 16.1 Å². The van der Waals surface area contributed by atoms with E-state index in [1.165, 1.54) is 0 Å². The van der Waals surface area contributed by atoms with Crippen LogP contribution in [0.15, 0.2) is 28.8 Å². The van der Waals surface area contributed by atoms with Gasteiger partial charge in [-0.1, -0.05) is 42.7 Å². The topological polar surface area (TPSA) is 56.0 Å². The lowest BCUT2D eigenvalue weighted by molar-refractivity contribution is -0.119. The molecule has 0 spiro atoms. The maximum atomic E-state index is 11.7. The molecule has 106 valence electrons. The number of Topliss-reactive ketones (excluding diaryl/α,β-unsaturated/α-hetero) is 1. The fraction of sp³-hybridized carbons (Fsp3) is 0.400. The fourth-order valence-corrected chi connectivity index (χ4v) is 2.17. The molecule has 2 rings (SSSR count). The zero-order valence-electron chi connectivity index (χ0n) is 11.6.